The summed E-state index contributed by atoms with van der Waals surface area (Å²) in [5.41, 5.74) is 0.631. The predicted octanol–water partition coefficient (Wildman–Crippen LogP) is 2.03. The lowest BCUT2D eigenvalue weighted by Gasteiger charge is -2.31. The molecule has 0 radical (unpaired) electrons. The quantitative estimate of drug-likeness (QED) is 0.366. The van der Waals surface area contributed by atoms with E-state index in [4.69, 9.17) is 4.74 Å². The Balaban J connectivity index is 2.14. The topological polar surface area (TPSA) is 85.6 Å². The Kier molecular flexibility index (Phi) is 5.03. The fourth-order valence-corrected chi connectivity index (χ4v) is 2.32. The third-order valence-corrected chi connectivity index (χ3v) is 3.32. The Morgan fingerprint density at radius 3 is 3.09 bits per heavy atom. The monoisotopic (exact) mass is 309 g/mol. The second kappa shape index (κ2) is 6.97. The fourth-order valence-electron chi connectivity index (χ4n) is 2.32. The largest absolute Gasteiger partial charge is 0.463 e. The van der Waals surface area contributed by atoms with Gasteiger partial charge in [0.25, 0.3) is 0 Å². The van der Waals surface area contributed by atoms with Gasteiger partial charge in [-0.15, -0.1) is 0 Å². The summed E-state index contributed by atoms with van der Waals surface area (Å²) >= 11 is 0. The van der Waals surface area contributed by atoms with Crippen LogP contribution in [0.1, 0.15) is 13.3 Å². The minimum atomic E-state index is -1.38. The number of carbonyl (C=O) groups is 1. The molecule has 1 aromatic rings. The average Bonchev–Trinajstić information content (AvgIpc) is 2.49. The molecule has 1 aliphatic heterocycles. The highest BCUT2D eigenvalue weighted by atomic mass is 19.1. The van der Waals surface area contributed by atoms with Crippen LogP contribution < -0.4 is 4.90 Å². The number of anilines is 1. The van der Waals surface area contributed by atoms with Crippen molar-refractivity contribution in [1.82, 2.24) is 4.98 Å². The first kappa shape index (κ1) is 15.9. The van der Waals surface area contributed by atoms with E-state index in [1.807, 2.05) is 0 Å². The summed E-state index contributed by atoms with van der Waals surface area (Å²) in [7, 11) is 0. The van der Waals surface area contributed by atoms with Crippen molar-refractivity contribution in [2.24, 2.45) is 0 Å². The van der Waals surface area contributed by atoms with Gasteiger partial charge in [-0.2, -0.15) is 0 Å². The van der Waals surface area contributed by atoms with Crippen molar-refractivity contribution in [3.8, 4) is 0 Å². The molecular weight excluding hydrogens is 293 g/mol. The summed E-state index contributed by atoms with van der Waals surface area (Å²) in [5.74, 6) is -0.867. The lowest BCUT2D eigenvalue weighted by molar-refractivity contribution is -0.388. The Morgan fingerprint density at radius 1 is 1.68 bits per heavy atom. The highest BCUT2D eigenvalue weighted by Crippen LogP contribution is 2.30. The summed E-state index contributed by atoms with van der Waals surface area (Å²) in [6, 6.07) is 3.11. The molecule has 0 aromatic carbocycles. The van der Waals surface area contributed by atoms with Crippen LogP contribution in [0.25, 0.3) is 0 Å². The van der Waals surface area contributed by atoms with E-state index in [0.29, 0.717) is 18.5 Å². The predicted molar refractivity (Wildman–Crippen MR) is 77.3 cm³/mol. The van der Waals surface area contributed by atoms with Crippen molar-refractivity contribution in [1.29, 1.82) is 0 Å². The zero-order chi connectivity index (χ0) is 16.1. The summed E-state index contributed by atoms with van der Waals surface area (Å²) in [6.07, 6.45) is 1.41. The number of nitro groups is 1. The molecule has 1 saturated heterocycles. The second-order valence-corrected chi connectivity index (χ2v) is 4.74. The first-order valence-corrected chi connectivity index (χ1v) is 6.88. The minimum absolute atomic E-state index is 0.0578. The molecule has 0 aliphatic carbocycles. The molecule has 0 spiro atoms. The van der Waals surface area contributed by atoms with Crippen molar-refractivity contribution in [2.45, 2.75) is 19.5 Å². The van der Waals surface area contributed by atoms with E-state index in [1.165, 1.54) is 18.3 Å². The number of alkyl halides is 1. The van der Waals surface area contributed by atoms with Gasteiger partial charge >= 0.3 is 11.8 Å². The van der Waals surface area contributed by atoms with Crippen molar-refractivity contribution in [3.05, 3.63) is 40.1 Å². The molecule has 7 nitrogen and oxygen atoms in total. The molecule has 1 atom stereocenters. The molecule has 22 heavy (non-hydrogen) atoms. The molecular formula is C14H16FN3O4. The van der Waals surface area contributed by atoms with Crippen LogP contribution in [0.15, 0.2) is 30.0 Å². The Hall–Kier alpha value is -2.51. The van der Waals surface area contributed by atoms with E-state index in [0.717, 1.165) is 0 Å². The van der Waals surface area contributed by atoms with Gasteiger partial charge in [-0.25, -0.2) is 9.18 Å². The molecule has 0 N–H and O–H groups in total. The fraction of sp³-hybridized carbons (Fsp3) is 0.429. The molecule has 1 aromatic heterocycles. The molecule has 118 valence electrons. The SMILES string of the molecule is CCOC(=O)/C=C1/CCN(c2cccnc2[N+](=O)[O-])CC1F. The zero-order valence-corrected chi connectivity index (χ0v) is 12.1. The highest BCUT2D eigenvalue weighted by Gasteiger charge is 2.29. The van der Waals surface area contributed by atoms with Gasteiger partial charge in [-0.3, -0.25) is 0 Å². The standard InChI is InChI=1S/C14H16FN3O4/c1-2-22-13(19)8-10-5-7-17(9-11(10)15)12-4-3-6-16-14(12)18(20)21/h3-4,6,8,11H,2,5,7,9H2,1H3/b10-8-. The van der Waals surface area contributed by atoms with E-state index in [9.17, 15) is 19.3 Å². The number of hydrogen-bond acceptors (Lipinski definition) is 6. The van der Waals surface area contributed by atoms with Crippen molar-refractivity contribution >= 4 is 17.5 Å². The van der Waals surface area contributed by atoms with E-state index >= 15 is 0 Å². The number of piperidine rings is 1. The number of nitrogens with zero attached hydrogens (tertiary/aromatic N) is 3. The molecule has 0 amide bonds. The normalized spacial score (nSPS) is 20.0. The molecule has 8 heteroatoms. The second-order valence-electron chi connectivity index (χ2n) is 4.74. The number of halogens is 1. The zero-order valence-electron chi connectivity index (χ0n) is 12.1. The van der Waals surface area contributed by atoms with E-state index < -0.39 is 17.1 Å². The van der Waals surface area contributed by atoms with Crippen LogP contribution in [0.3, 0.4) is 0 Å². The summed E-state index contributed by atoms with van der Waals surface area (Å²) in [4.78, 5) is 27.0. The van der Waals surface area contributed by atoms with Gasteiger partial charge in [0.15, 0.2) is 0 Å². The maximum absolute atomic E-state index is 14.2. The van der Waals surface area contributed by atoms with Crippen LogP contribution in [0.2, 0.25) is 0 Å². The Bertz CT molecular complexity index is 606. The molecule has 1 aliphatic rings. The van der Waals surface area contributed by atoms with Gasteiger partial charge in [0.2, 0.25) is 0 Å². The minimum Gasteiger partial charge on any atom is -0.463 e. The third kappa shape index (κ3) is 3.57. The van der Waals surface area contributed by atoms with Crippen molar-refractivity contribution in [2.75, 3.05) is 24.6 Å². The smallest absolute Gasteiger partial charge is 0.387 e. The first-order valence-electron chi connectivity index (χ1n) is 6.88. The van der Waals surface area contributed by atoms with Gasteiger partial charge in [0, 0.05) is 12.6 Å². The average molecular weight is 309 g/mol. The third-order valence-electron chi connectivity index (χ3n) is 3.32. The van der Waals surface area contributed by atoms with Crippen LogP contribution in [-0.4, -0.2) is 41.7 Å². The van der Waals surface area contributed by atoms with Gasteiger partial charge in [0.1, 0.15) is 18.1 Å². The number of ether oxygens (including phenoxy) is 1. The molecule has 0 bridgehead atoms. The molecule has 2 rings (SSSR count). The van der Waals surface area contributed by atoms with Gasteiger partial charge in [-0.1, -0.05) is 0 Å². The summed E-state index contributed by atoms with van der Waals surface area (Å²) in [5, 5.41) is 11.0. The number of pyridine rings is 1. The van der Waals surface area contributed by atoms with Crippen molar-refractivity contribution in [3.63, 3.8) is 0 Å². The van der Waals surface area contributed by atoms with Gasteiger partial charge in [-0.05, 0) is 41.0 Å². The van der Waals surface area contributed by atoms with Gasteiger partial charge < -0.3 is 19.8 Å². The number of esters is 1. The number of aromatic nitrogens is 1. The maximum atomic E-state index is 14.2. The van der Waals surface area contributed by atoms with Crippen LogP contribution in [-0.2, 0) is 9.53 Å². The highest BCUT2D eigenvalue weighted by molar-refractivity contribution is 5.83. The van der Waals surface area contributed by atoms with Crippen LogP contribution in [0.4, 0.5) is 15.9 Å². The molecule has 2 heterocycles. The number of rotatable bonds is 4. The van der Waals surface area contributed by atoms with Crippen LogP contribution >= 0.6 is 0 Å². The van der Waals surface area contributed by atoms with Crippen LogP contribution in [0.5, 0.6) is 0 Å². The molecule has 0 saturated carbocycles. The van der Waals surface area contributed by atoms with E-state index in [1.54, 1.807) is 17.9 Å². The lowest BCUT2D eigenvalue weighted by atomic mass is 10.0. The van der Waals surface area contributed by atoms with Gasteiger partial charge in [0.05, 0.1) is 13.2 Å². The van der Waals surface area contributed by atoms with E-state index in [-0.39, 0.29) is 24.7 Å². The number of hydrogen-bond donors (Lipinski definition) is 0. The number of carbonyl (C=O) groups excluding carboxylic acids is 1. The van der Waals surface area contributed by atoms with Crippen molar-refractivity contribution < 1.29 is 18.8 Å². The first-order chi connectivity index (χ1) is 10.5. The maximum Gasteiger partial charge on any atom is 0.387 e. The molecule has 1 unspecified atom stereocenters. The Labute approximate surface area is 126 Å². The Morgan fingerprint density at radius 2 is 2.45 bits per heavy atom. The lowest BCUT2D eigenvalue weighted by Crippen LogP contribution is -2.38. The van der Waals surface area contributed by atoms with Crippen LogP contribution in [0, 0.1) is 10.1 Å². The molecule has 1 fully saturated rings. The summed E-state index contributed by atoms with van der Waals surface area (Å²) in [6.45, 7) is 2.22. The summed E-state index contributed by atoms with van der Waals surface area (Å²) < 4.78 is 19.0. The van der Waals surface area contributed by atoms with E-state index in [2.05, 4.69) is 4.98 Å².